The Kier molecular flexibility index (Phi) is 5.82. The lowest BCUT2D eigenvalue weighted by atomic mass is 9.89. The molecule has 108 valence electrons. The highest BCUT2D eigenvalue weighted by Gasteiger charge is 2.35. The lowest BCUT2D eigenvalue weighted by Gasteiger charge is -2.24. The predicted octanol–water partition coefficient (Wildman–Crippen LogP) is 4.04. The Morgan fingerprint density at radius 2 is 1.74 bits per heavy atom. The zero-order valence-electron chi connectivity index (χ0n) is 11.3. The largest absolute Gasteiger partial charge is 0.416 e. The number of halogens is 3. The van der Waals surface area contributed by atoms with E-state index in [0.717, 1.165) is 18.9 Å². The Hall–Kier alpha value is -1.07. The van der Waals surface area contributed by atoms with E-state index in [0.29, 0.717) is 12.3 Å². The van der Waals surface area contributed by atoms with Crippen LogP contribution in [0.2, 0.25) is 0 Å². The van der Waals surface area contributed by atoms with Crippen LogP contribution < -0.4 is 11.3 Å². The average Bonchev–Trinajstić information content (AvgIpc) is 2.39. The zero-order valence-corrected chi connectivity index (χ0v) is 11.3. The quantitative estimate of drug-likeness (QED) is 0.607. The van der Waals surface area contributed by atoms with Gasteiger partial charge in [0.2, 0.25) is 0 Å². The standard InChI is InChI=1S/C14H21F3N2/c1-3-10(4-2)9-13(19-18)11-7-5-6-8-12(11)14(15,16)17/h5-8,10,13,19H,3-4,9,18H2,1-2H3. The lowest BCUT2D eigenvalue weighted by Crippen LogP contribution is -2.31. The van der Waals surface area contributed by atoms with E-state index in [4.69, 9.17) is 5.84 Å². The summed E-state index contributed by atoms with van der Waals surface area (Å²) in [6, 6.07) is 5.14. The van der Waals surface area contributed by atoms with Crippen LogP contribution in [0.3, 0.4) is 0 Å². The van der Waals surface area contributed by atoms with Gasteiger partial charge in [0, 0.05) is 6.04 Å². The van der Waals surface area contributed by atoms with Gasteiger partial charge in [0.25, 0.3) is 0 Å². The molecule has 1 atom stereocenters. The summed E-state index contributed by atoms with van der Waals surface area (Å²) >= 11 is 0. The number of nitrogens with one attached hydrogen (secondary N) is 1. The Labute approximate surface area is 112 Å². The van der Waals surface area contributed by atoms with E-state index in [2.05, 4.69) is 5.43 Å². The minimum absolute atomic E-state index is 0.226. The molecule has 0 spiro atoms. The molecule has 1 aromatic carbocycles. The van der Waals surface area contributed by atoms with Crippen molar-refractivity contribution in [2.45, 2.75) is 45.3 Å². The van der Waals surface area contributed by atoms with Crippen molar-refractivity contribution in [2.24, 2.45) is 11.8 Å². The maximum Gasteiger partial charge on any atom is 0.416 e. The topological polar surface area (TPSA) is 38.0 Å². The number of rotatable bonds is 6. The summed E-state index contributed by atoms with van der Waals surface area (Å²) in [4.78, 5) is 0. The van der Waals surface area contributed by atoms with Crippen LogP contribution in [-0.4, -0.2) is 0 Å². The molecule has 1 rings (SSSR count). The fourth-order valence-electron chi connectivity index (χ4n) is 2.30. The van der Waals surface area contributed by atoms with Gasteiger partial charge in [-0.05, 0) is 24.0 Å². The van der Waals surface area contributed by atoms with Crippen LogP contribution in [0.4, 0.5) is 13.2 Å². The number of nitrogens with two attached hydrogens (primary N) is 1. The zero-order chi connectivity index (χ0) is 14.5. The second-order valence-electron chi connectivity index (χ2n) is 4.72. The van der Waals surface area contributed by atoms with Crippen molar-refractivity contribution >= 4 is 0 Å². The third kappa shape index (κ3) is 4.21. The molecule has 0 saturated heterocycles. The van der Waals surface area contributed by atoms with Gasteiger partial charge in [-0.2, -0.15) is 13.2 Å². The van der Waals surface area contributed by atoms with E-state index in [1.54, 1.807) is 6.07 Å². The molecule has 0 radical (unpaired) electrons. The van der Waals surface area contributed by atoms with Gasteiger partial charge in [-0.1, -0.05) is 44.9 Å². The van der Waals surface area contributed by atoms with E-state index in [-0.39, 0.29) is 5.56 Å². The lowest BCUT2D eigenvalue weighted by molar-refractivity contribution is -0.138. The number of hydrazine groups is 1. The molecular formula is C14H21F3N2. The molecule has 0 saturated carbocycles. The van der Waals surface area contributed by atoms with Crippen LogP contribution in [0.1, 0.15) is 50.3 Å². The first-order valence-corrected chi connectivity index (χ1v) is 6.56. The van der Waals surface area contributed by atoms with Crippen molar-refractivity contribution in [3.63, 3.8) is 0 Å². The van der Waals surface area contributed by atoms with Crippen molar-refractivity contribution < 1.29 is 13.2 Å². The minimum Gasteiger partial charge on any atom is -0.271 e. The maximum absolute atomic E-state index is 13.0. The van der Waals surface area contributed by atoms with Gasteiger partial charge < -0.3 is 0 Å². The molecule has 0 aliphatic rings. The summed E-state index contributed by atoms with van der Waals surface area (Å²) in [6.07, 6.45) is -1.87. The fourth-order valence-corrected chi connectivity index (χ4v) is 2.30. The Bertz CT molecular complexity index is 387. The summed E-state index contributed by atoms with van der Waals surface area (Å²) < 4.78 is 38.9. The molecular weight excluding hydrogens is 253 g/mol. The smallest absolute Gasteiger partial charge is 0.271 e. The molecule has 3 N–H and O–H groups in total. The summed E-state index contributed by atoms with van der Waals surface area (Å²) in [6.45, 7) is 4.08. The van der Waals surface area contributed by atoms with Gasteiger partial charge in [0.1, 0.15) is 0 Å². The molecule has 0 aromatic heterocycles. The molecule has 19 heavy (non-hydrogen) atoms. The van der Waals surface area contributed by atoms with Crippen LogP contribution in [-0.2, 0) is 6.18 Å². The summed E-state index contributed by atoms with van der Waals surface area (Å²) in [7, 11) is 0. The first-order valence-electron chi connectivity index (χ1n) is 6.56. The van der Waals surface area contributed by atoms with Crippen molar-refractivity contribution in [1.82, 2.24) is 5.43 Å². The number of benzene rings is 1. The highest BCUT2D eigenvalue weighted by Crippen LogP contribution is 2.36. The monoisotopic (exact) mass is 274 g/mol. The molecule has 0 bridgehead atoms. The average molecular weight is 274 g/mol. The second-order valence-corrected chi connectivity index (χ2v) is 4.72. The van der Waals surface area contributed by atoms with Crippen LogP contribution in [0.5, 0.6) is 0 Å². The number of hydrogen-bond donors (Lipinski definition) is 2. The third-order valence-corrected chi connectivity index (χ3v) is 3.57. The minimum atomic E-state index is -4.35. The van der Waals surface area contributed by atoms with Crippen molar-refractivity contribution in [3.8, 4) is 0 Å². The number of hydrogen-bond acceptors (Lipinski definition) is 2. The van der Waals surface area contributed by atoms with Gasteiger partial charge in [-0.15, -0.1) is 0 Å². The Balaban J connectivity index is 3.05. The van der Waals surface area contributed by atoms with E-state index in [1.165, 1.54) is 12.1 Å². The molecule has 0 aliphatic heterocycles. The third-order valence-electron chi connectivity index (χ3n) is 3.57. The summed E-state index contributed by atoms with van der Waals surface area (Å²) in [5.74, 6) is 5.82. The normalized spacial score (nSPS) is 13.8. The molecule has 0 fully saturated rings. The first kappa shape index (κ1) is 16.0. The van der Waals surface area contributed by atoms with E-state index < -0.39 is 17.8 Å². The first-order chi connectivity index (χ1) is 8.93. The highest BCUT2D eigenvalue weighted by atomic mass is 19.4. The van der Waals surface area contributed by atoms with Gasteiger partial charge in [0.15, 0.2) is 0 Å². The van der Waals surface area contributed by atoms with Crippen LogP contribution in [0, 0.1) is 5.92 Å². The van der Waals surface area contributed by atoms with Crippen molar-refractivity contribution in [3.05, 3.63) is 35.4 Å². The van der Waals surface area contributed by atoms with Crippen LogP contribution >= 0.6 is 0 Å². The van der Waals surface area contributed by atoms with Gasteiger partial charge >= 0.3 is 6.18 Å². The molecule has 2 nitrogen and oxygen atoms in total. The Morgan fingerprint density at radius 3 is 2.21 bits per heavy atom. The maximum atomic E-state index is 13.0. The van der Waals surface area contributed by atoms with Gasteiger partial charge in [-0.25, -0.2) is 0 Å². The van der Waals surface area contributed by atoms with E-state index >= 15 is 0 Å². The molecule has 0 heterocycles. The molecule has 1 aromatic rings. The SMILES string of the molecule is CCC(CC)CC(NN)c1ccccc1C(F)(F)F. The fraction of sp³-hybridized carbons (Fsp3) is 0.571. The summed E-state index contributed by atoms with van der Waals surface area (Å²) in [5, 5.41) is 0. The number of alkyl halides is 3. The van der Waals surface area contributed by atoms with Crippen molar-refractivity contribution in [2.75, 3.05) is 0 Å². The molecule has 1 unspecified atom stereocenters. The van der Waals surface area contributed by atoms with Crippen LogP contribution in [0.15, 0.2) is 24.3 Å². The molecule has 0 amide bonds. The summed E-state index contributed by atoms with van der Waals surface area (Å²) in [5.41, 5.74) is 2.15. The molecule has 5 heteroatoms. The van der Waals surface area contributed by atoms with Crippen molar-refractivity contribution in [1.29, 1.82) is 0 Å². The highest BCUT2D eigenvalue weighted by molar-refractivity contribution is 5.32. The van der Waals surface area contributed by atoms with Gasteiger partial charge in [0.05, 0.1) is 5.56 Å². The predicted molar refractivity (Wildman–Crippen MR) is 70.2 cm³/mol. The second kappa shape index (κ2) is 6.91. The van der Waals surface area contributed by atoms with E-state index in [1.807, 2.05) is 13.8 Å². The van der Waals surface area contributed by atoms with Crippen LogP contribution in [0.25, 0.3) is 0 Å². The van der Waals surface area contributed by atoms with Gasteiger partial charge in [-0.3, -0.25) is 11.3 Å². The molecule has 0 aliphatic carbocycles. The Morgan fingerprint density at radius 1 is 1.16 bits per heavy atom. The van der Waals surface area contributed by atoms with E-state index in [9.17, 15) is 13.2 Å².